The van der Waals surface area contributed by atoms with E-state index in [1.165, 1.54) is 0 Å². The SMILES string of the molecule is CC(C)Cc1nc[c]cn1. The molecule has 2 nitrogen and oxygen atoms in total. The monoisotopic (exact) mass is 135 g/mol. The molecule has 0 amide bonds. The Labute approximate surface area is 61.3 Å². The topological polar surface area (TPSA) is 25.8 Å². The molecule has 0 fully saturated rings. The first-order valence-corrected chi connectivity index (χ1v) is 3.46. The highest BCUT2D eigenvalue weighted by Crippen LogP contribution is 1.99. The lowest BCUT2D eigenvalue weighted by molar-refractivity contribution is 0.620. The third-order valence-corrected chi connectivity index (χ3v) is 1.17. The van der Waals surface area contributed by atoms with Crippen molar-refractivity contribution in [3.8, 4) is 0 Å². The summed E-state index contributed by atoms with van der Waals surface area (Å²) in [6.45, 7) is 4.31. The number of hydrogen-bond donors (Lipinski definition) is 0. The van der Waals surface area contributed by atoms with Gasteiger partial charge in [-0.1, -0.05) is 13.8 Å². The molecule has 1 radical (unpaired) electrons. The van der Waals surface area contributed by atoms with Crippen LogP contribution in [-0.2, 0) is 6.42 Å². The lowest BCUT2D eigenvalue weighted by atomic mass is 10.1. The largest absolute Gasteiger partial charge is 0.241 e. The van der Waals surface area contributed by atoms with E-state index >= 15 is 0 Å². The summed E-state index contributed by atoms with van der Waals surface area (Å²) in [5, 5.41) is 0. The molecule has 0 aliphatic carbocycles. The molecule has 1 aromatic heterocycles. The third kappa shape index (κ3) is 2.13. The molecular formula is C8H11N2. The van der Waals surface area contributed by atoms with Crippen molar-refractivity contribution >= 4 is 0 Å². The van der Waals surface area contributed by atoms with Gasteiger partial charge in [0.25, 0.3) is 0 Å². The summed E-state index contributed by atoms with van der Waals surface area (Å²) in [4.78, 5) is 8.10. The maximum Gasteiger partial charge on any atom is 0.128 e. The molecule has 53 valence electrons. The van der Waals surface area contributed by atoms with Gasteiger partial charge in [0.2, 0.25) is 0 Å². The summed E-state index contributed by atoms with van der Waals surface area (Å²) in [5.41, 5.74) is 0. The van der Waals surface area contributed by atoms with Gasteiger partial charge in [-0.2, -0.15) is 0 Å². The van der Waals surface area contributed by atoms with Gasteiger partial charge in [0.15, 0.2) is 0 Å². The second-order valence-corrected chi connectivity index (χ2v) is 2.70. The van der Waals surface area contributed by atoms with Crippen LogP contribution in [0.4, 0.5) is 0 Å². The van der Waals surface area contributed by atoms with Crippen LogP contribution in [0.15, 0.2) is 12.4 Å². The van der Waals surface area contributed by atoms with Gasteiger partial charge in [-0.3, -0.25) is 0 Å². The summed E-state index contributed by atoms with van der Waals surface area (Å²) in [6, 6.07) is 2.78. The fraction of sp³-hybridized carbons (Fsp3) is 0.500. The molecule has 1 heterocycles. The van der Waals surface area contributed by atoms with Crippen molar-refractivity contribution in [3.63, 3.8) is 0 Å². The van der Waals surface area contributed by atoms with Crippen molar-refractivity contribution in [3.05, 3.63) is 24.3 Å². The van der Waals surface area contributed by atoms with E-state index in [2.05, 4.69) is 29.9 Å². The van der Waals surface area contributed by atoms with E-state index in [4.69, 9.17) is 0 Å². The van der Waals surface area contributed by atoms with E-state index in [9.17, 15) is 0 Å². The summed E-state index contributed by atoms with van der Waals surface area (Å²) in [5.74, 6) is 1.54. The minimum atomic E-state index is 0.627. The maximum absolute atomic E-state index is 4.05. The lowest BCUT2D eigenvalue weighted by Gasteiger charge is -2.00. The molecule has 0 unspecified atom stereocenters. The second-order valence-electron chi connectivity index (χ2n) is 2.70. The van der Waals surface area contributed by atoms with E-state index < -0.39 is 0 Å². The predicted octanol–water partition coefficient (Wildman–Crippen LogP) is 1.48. The molecule has 0 bridgehead atoms. The van der Waals surface area contributed by atoms with Crippen LogP contribution in [0.3, 0.4) is 0 Å². The minimum Gasteiger partial charge on any atom is -0.241 e. The summed E-state index contributed by atoms with van der Waals surface area (Å²) in [7, 11) is 0. The van der Waals surface area contributed by atoms with E-state index in [1.807, 2.05) is 0 Å². The minimum absolute atomic E-state index is 0.627. The Kier molecular flexibility index (Phi) is 2.37. The molecule has 1 rings (SSSR count). The van der Waals surface area contributed by atoms with Crippen LogP contribution in [-0.4, -0.2) is 9.97 Å². The second kappa shape index (κ2) is 3.30. The van der Waals surface area contributed by atoms with Gasteiger partial charge in [-0.05, 0) is 5.92 Å². The molecule has 0 saturated heterocycles. The van der Waals surface area contributed by atoms with Crippen LogP contribution in [0, 0.1) is 12.0 Å². The van der Waals surface area contributed by atoms with Gasteiger partial charge in [-0.15, -0.1) is 0 Å². The van der Waals surface area contributed by atoms with Gasteiger partial charge in [0.1, 0.15) is 5.82 Å². The van der Waals surface area contributed by atoms with Crippen molar-refractivity contribution < 1.29 is 0 Å². The zero-order chi connectivity index (χ0) is 7.40. The molecule has 0 aliphatic rings. The number of aromatic nitrogens is 2. The van der Waals surface area contributed by atoms with Crippen LogP contribution in [0.25, 0.3) is 0 Å². The van der Waals surface area contributed by atoms with Crippen molar-refractivity contribution in [1.29, 1.82) is 0 Å². The van der Waals surface area contributed by atoms with Crippen molar-refractivity contribution in [2.45, 2.75) is 20.3 Å². The van der Waals surface area contributed by atoms with Gasteiger partial charge < -0.3 is 0 Å². The Balaban J connectivity index is 2.59. The molecule has 0 N–H and O–H groups in total. The summed E-state index contributed by atoms with van der Waals surface area (Å²) < 4.78 is 0. The van der Waals surface area contributed by atoms with Crippen molar-refractivity contribution in [1.82, 2.24) is 9.97 Å². The van der Waals surface area contributed by atoms with E-state index in [-0.39, 0.29) is 0 Å². The quantitative estimate of drug-likeness (QED) is 0.613. The molecule has 0 atom stereocenters. The van der Waals surface area contributed by atoms with Gasteiger partial charge in [0, 0.05) is 24.9 Å². The molecule has 10 heavy (non-hydrogen) atoms. The average Bonchev–Trinajstić information content (AvgIpc) is 1.88. The first kappa shape index (κ1) is 7.19. The van der Waals surface area contributed by atoms with E-state index in [0.717, 1.165) is 12.2 Å². The van der Waals surface area contributed by atoms with Crippen LogP contribution in [0.5, 0.6) is 0 Å². The average molecular weight is 135 g/mol. The van der Waals surface area contributed by atoms with Crippen LogP contribution in [0.2, 0.25) is 0 Å². The normalized spacial score (nSPS) is 10.3. The van der Waals surface area contributed by atoms with Crippen molar-refractivity contribution in [2.24, 2.45) is 5.92 Å². The Hall–Kier alpha value is -0.920. The molecule has 0 saturated carbocycles. The van der Waals surface area contributed by atoms with E-state index in [0.29, 0.717) is 5.92 Å². The highest BCUT2D eigenvalue weighted by molar-refractivity contribution is 4.87. The smallest absolute Gasteiger partial charge is 0.128 e. The fourth-order valence-corrected chi connectivity index (χ4v) is 0.761. The molecule has 0 spiro atoms. The Morgan fingerprint density at radius 1 is 1.40 bits per heavy atom. The zero-order valence-corrected chi connectivity index (χ0v) is 6.33. The predicted molar refractivity (Wildman–Crippen MR) is 39.4 cm³/mol. The Morgan fingerprint density at radius 2 is 2.00 bits per heavy atom. The van der Waals surface area contributed by atoms with Gasteiger partial charge in [-0.25, -0.2) is 9.97 Å². The molecular weight excluding hydrogens is 124 g/mol. The summed E-state index contributed by atoms with van der Waals surface area (Å²) in [6.07, 6.45) is 4.27. The molecule has 1 aromatic rings. The van der Waals surface area contributed by atoms with Crippen LogP contribution in [0.1, 0.15) is 19.7 Å². The van der Waals surface area contributed by atoms with Crippen LogP contribution < -0.4 is 0 Å². The molecule has 0 aromatic carbocycles. The summed E-state index contributed by atoms with van der Waals surface area (Å²) >= 11 is 0. The highest BCUT2D eigenvalue weighted by atomic mass is 14.8. The zero-order valence-electron chi connectivity index (χ0n) is 6.33. The highest BCUT2D eigenvalue weighted by Gasteiger charge is 1.97. The molecule has 0 aliphatic heterocycles. The third-order valence-electron chi connectivity index (χ3n) is 1.17. The van der Waals surface area contributed by atoms with Crippen LogP contribution >= 0.6 is 0 Å². The first-order valence-electron chi connectivity index (χ1n) is 3.46. The standard InChI is InChI=1S/C8H11N2/c1-7(2)6-8-9-4-3-5-10-8/h4-5,7H,6H2,1-2H3. The number of nitrogens with zero attached hydrogens (tertiary/aromatic N) is 2. The first-order chi connectivity index (χ1) is 4.79. The lowest BCUT2D eigenvalue weighted by Crippen LogP contribution is -1.98. The van der Waals surface area contributed by atoms with Crippen molar-refractivity contribution in [2.75, 3.05) is 0 Å². The number of rotatable bonds is 2. The Bertz CT molecular complexity index is 182. The fourth-order valence-electron chi connectivity index (χ4n) is 0.761. The molecule has 2 heteroatoms. The number of hydrogen-bond acceptors (Lipinski definition) is 2. The Morgan fingerprint density at radius 3 is 2.50 bits per heavy atom. The van der Waals surface area contributed by atoms with Gasteiger partial charge >= 0.3 is 0 Å². The maximum atomic E-state index is 4.05. The van der Waals surface area contributed by atoms with E-state index in [1.54, 1.807) is 12.4 Å². The van der Waals surface area contributed by atoms with Gasteiger partial charge in [0.05, 0.1) is 0 Å².